The second-order valence-corrected chi connectivity index (χ2v) is 5.60. The quantitative estimate of drug-likeness (QED) is 0.813. The molecule has 0 aliphatic carbocycles. The van der Waals surface area contributed by atoms with E-state index in [4.69, 9.17) is 5.26 Å². The van der Waals surface area contributed by atoms with E-state index in [9.17, 15) is 0 Å². The largest absolute Gasteiger partial charge is 0.301 e. The topological polar surface area (TPSA) is 27.0 Å². The van der Waals surface area contributed by atoms with Gasteiger partial charge in [0.2, 0.25) is 0 Å². The van der Waals surface area contributed by atoms with E-state index in [2.05, 4.69) is 54.6 Å². The maximum absolute atomic E-state index is 9.00. The van der Waals surface area contributed by atoms with E-state index in [-0.39, 0.29) is 5.92 Å². The van der Waals surface area contributed by atoms with Gasteiger partial charge in [-0.3, -0.25) is 0 Å². The van der Waals surface area contributed by atoms with Crippen LogP contribution in [-0.4, -0.2) is 18.5 Å². The maximum atomic E-state index is 9.00. The molecule has 1 unspecified atom stereocenters. The van der Waals surface area contributed by atoms with Gasteiger partial charge in [0.05, 0.1) is 12.0 Å². The predicted molar refractivity (Wildman–Crippen MR) is 77.6 cm³/mol. The molecule has 2 rings (SSSR count). The van der Waals surface area contributed by atoms with Gasteiger partial charge in [0, 0.05) is 17.8 Å². The van der Waals surface area contributed by atoms with Gasteiger partial charge in [0.15, 0.2) is 0 Å². The van der Waals surface area contributed by atoms with E-state index < -0.39 is 0 Å². The molecule has 2 aromatic rings. The van der Waals surface area contributed by atoms with Gasteiger partial charge in [-0.1, -0.05) is 25.1 Å². The minimum absolute atomic E-state index is 0.139. The van der Waals surface area contributed by atoms with Gasteiger partial charge in [-0.15, -0.1) is 11.3 Å². The zero-order valence-corrected chi connectivity index (χ0v) is 11.7. The third kappa shape index (κ3) is 2.90. The first-order valence-corrected chi connectivity index (χ1v) is 7.15. The summed E-state index contributed by atoms with van der Waals surface area (Å²) in [5.41, 5.74) is 1.37. The first-order chi connectivity index (χ1) is 8.74. The molecule has 0 spiro atoms. The lowest BCUT2D eigenvalue weighted by Crippen LogP contribution is -2.24. The molecule has 3 heteroatoms. The van der Waals surface area contributed by atoms with Gasteiger partial charge in [-0.05, 0) is 35.9 Å². The van der Waals surface area contributed by atoms with Crippen LogP contribution in [0.1, 0.15) is 18.9 Å². The monoisotopic (exact) mass is 258 g/mol. The van der Waals surface area contributed by atoms with E-state index >= 15 is 0 Å². The molecule has 0 saturated carbocycles. The molecular weight excluding hydrogens is 240 g/mol. The number of hydrogen-bond donors (Lipinski definition) is 0. The minimum atomic E-state index is 0.139. The molecule has 94 valence electrons. The summed E-state index contributed by atoms with van der Waals surface area (Å²) in [5, 5.41) is 12.6. The SMILES string of the molecule is CCC(C#N)CN(C)Cc1csc2ccccc12. The smallest absolute Gasteiger partial charge is 0.0669 e. The number of nitriles is 1. The summed E-state index contributed by atoms with van der Waals surface area (Å²) in [6.45, 7) is 3.83. The van der Waals surface area contributed by atoms with Crippen LogP contribution < -0.4 is 0 Å². The van der Waals surface area contributed by atoms with Crippen molar-refractivity contribution >= 4 is 21.4 Å². The summed E-state index contributed by atoms with van der Waals surface area (Å²) in [7, 11) is 2.09. The van der Waals surface area contributed by atoms with Crippen LogP contribution in [0.3, 0.4) is 0 Å². The summed E-state index contributed by atoms with van der Waals surface area (Å²) < 4.78 is 1.34. The standard InChI is InChI=1S/C15H18N2S/c1-3-12(8-16)9-17(2)10-13-11-18-15-7-5-4-6-14(13)15/h4-7,11-12H,3,9-10H2,1-2H3. The third-order valence-corrected chi connectivity index (χ3v) is 4.22. The van der Waals surface area contributed by atoms with Crippen molar-refractivity contribution in [2.45, 2.75) is 19.9 Å². The van der Waals surface area contributed by atoms with E-state index in [1.165, 1.54) is 15.6 Å². The van der Waals surface area contributed by atoms with Crippen molar-refractivity contribution in [1.29, 1.82) is 5.26 Å². The molecule has 2 nitrogen and oxygen atoms in total. The molecule has 18 heavy (non-hydrogen) atoms. The summed E-state index contributed by atoms with van der Waals surface area (Å²) in [5.74, 6) is 0.139. The fourth-order valence-electron chi connectivity index (χ4n) is 2.15. The molecule has 0 radical (unpaired) electrons. The number of fused-ring (bicyclic) bond motifs is 1. The number of benzene rings is 1. The second-order valence-electron chi connectivity index (χ2n) is 4.69. The van der Waals surface area contributed by atoms with Crippen molar-refractivity contribution in [3.8, 4) is 6.07 Å². The van der Waals surface area contributed by atoms with Gasteiger partial charge in [-0.25, -0.2) is 0 Å². The normalized spacial score (nSPS) is 12.8. The minimum Gasteiger partial charge on any atom is -0.301 e. The molecule has 0 amide bonds. The lowest BCUT2D eigenvalue weighted by Gasteiger charge is -2.18. The zero-order valence-electron chi connectivity index (χ0n) is 10.9. The van der Waals surface area contributed by atoms with E-state index in [0.717, 1.165) is 19.5 Å². The fourth-order valence-corrected chi connectivity index (χ4v) is 3.10. The van der Waals surface area contributed by atoms with Crippen molar-refractivity contribution in [2.24, 2.45) is 5.92 Å². The Kier molecular flexibility index (Phi) is 4.35. The Morgan fingerprint density at radius 3 is 2.89 bits per heavy atom. The molecule has 0 aliphatic rings. The summed E-state index contributed by atoms with van der Waals surface area (Å²) in [6, 6.07) is 10.9. The Morgan fingerprint density at radius 2 is 2.17 bits per heavy atom. The molecule has 1 aromatic carbocycles. The molecule has 1 aromatic heterocycles. The molecular formula is C15H18N2S. The Balaban J connectivity index is 2.07. The Labute approximate surface area is 112 Å². The van der Waals surface area contributed by atoms with Crippen LogP contribution >= 0.6 is 11.3 Å². The van der Waals surface area contributed by atoms with Gasteiger partial charge in [-0.2, -0.15) is 5.26 Å². The van der Waals surface area contributed by atoms with Crippen molar-refractivity contribution in [3.05, 3.63) is 35.2 Å². The Bertz CT molecular complexity index is 553. The highest BCUT2D eigenvalue weighted by atomic mass is 32.1. The summed E-state index contributed by atoms with van der Waals surface area (Å²) >= 11 is 1.79. The molecule has 0 N–H and O–H groups in total. The summed E-state index contributed by atoms with van der Waals surface area (Å²) in [6.07, 6.45) is 0.922. The molecule has 0 saturated heterocycles. The highest BCUT2D eigenvalue weighted by molar-refractivity contribution is 7.17. The van der Waals surface area contributed by atoms with Crippen LogP contribution in [0.15, 0.2) is 29.6 Å². The van der Waals surface area contributed by atoms with Crippen molar-refractivity contribution < 1.29 is 0 Å². The molecule has 0 fully saturated rings. The second kappa shape index (κ2) is 5.99. The molecule has 0 bridgehead atoms. The number of hydrogen-bond acceptors (Lipinski definition) is 3. The molecule has 0 aliphatic heterocycles. The van der Waals surface area contributed by atoms with Gasteiger partial charge in [0.1, 0.15) is 0 Å². The summed E-state index contributed by atoms with van der Waals surface area (Å²) in [4.78, 5) is 2.24. The molecule has 1 atom stereocenters. The highest BCUT2D eigenvalue weighted by Crippen LogP contribution is 2.26. The lowest BCUT2D eigenvalue weighted by molar-refractivity contribution is 0.293. The zero-order chi connectivity index (χ0) is 13.0. The first-order valence-electron chi connectivity index (χ1n) is 6.27. The van der Waals surface area contributed by atoms with Crippen molar-refractivity contribution in [2.75, 3.05) is 13.6 Å². The van der Waals surface area contributed by atoms with E-state index in [1.807, 2.05) is 0 Å². The molecule has 1 heterocycles. The van der Waals surface area contributed by atoms with Crippen LogP contribution in [0.5, 0.6) is 0 Å². The van der Waals surface area contributed by atoms with Crippen LogP contribution in [-0.2, 0) is 6.54 Å². The van der Waals surface area contributed by atoms with Gasteiger partial charge in [0.25, 0.3) is 0 Å². The fraction of sp³-hybridized carbons (Fsp3) is 0.400. The van der Waals surface area contributed by atoms with Crippen LogP contribution in [0, 0.1) is 17.2 Å². The van der Waals surface area contributed by atoms with Crippen molar-refractivity contribution in [3.63, 3.8) is 0 Å². The van der Waals surface area contributed by atoms with Crippen LogP contribution in [0.2, 0.25) is 0 Å². The van der Waals surface area contributed by atoms with E-state index in [1.54, 1.807) is 11.3 Å². The predicted octanol–water partition coefficient (Wildman–Crippen LogP) is 3.88. The average Bonchev–Trinajstić information content (AvgIpc) is 2.79. The van der Waals surface area contributed by atoms with Crippen LogP contribution in [0.4, 0.5) is 0 Å². The highest BCUT2D eigenvalue weighted by Gasteiger charge is 2.11. The van der Waals surface area contributed by atoms with Crippen molar-refractivity contribution in [1.82, 2.24) is 4.90 Å². The van der Waals surface area contributed by atoms with Crippen LogP contribution in [0.25, 0.3) is 10.1 Å². The number of rotatable bonds is 5. The lowest BCUT2D eigenvalue weighted by atomic mass is 10.1. The number of thiophene rings is 1. The van der Waals surface area contributed by atoms with E-state index in [0.29, 0.717) is 0 Å². The third-order valence-electron chi connectivity index (χ3n) is 3.21. The van der Waals surface area contributed by atoms with Gasteiger partial charge < -0.3 is 4.90 Å². The average molecular weight is 258 g/mol. The first kappa shape index (κ1) is 13.1. The Morgan fingerprint density at radius 1 is 1.39 bits per heavy atom. The number of nitrogens with zero attached hydrogens (tertiary/aromatic N) is 2. The Hall–Kier alpha value is -1.37. The van der Waals surface area contributed by atoms with Gasteiger partial charge >= 0.3 is 0 Å². The maximum Gasteiger partial charge on any atom is 0.0669 e.